The number of anilines is 1. The Labute approximate surface area is 184 Å². The summed E-state index contributed by atoms with van der Waals surface area (Å²) >= 11 is 0. The number of aromatic nitrogens is 5. The van der Waals surface area contributed by atoms with E-state index in [1.165, 1.54) is 38.8 Å². The molecule has 0 unspecified atom stereocenters. The minimum absolute atomic E-state index is 0.227. The quantitative estimate of drug-likeness (QED) is 0.678. The molecule has 2 aromatic rings. The Kier molecular flexibility index (Phi) is 5.36. The Morgan fingerprint density at radius 3 is 2.65 bits per heavy atom. The van der Waals surface area contributed by atoms with E-state index in [-0.39, 0.29) is 12.1 Å². The highest BCUT2D eigenvalue weighted by Gasteiger charge is 2.44. The van der Waals surface area contributed by atoms with Crippen LogP contribution in [0.5, 0.6) is 0 Å². The summed E-state index contributed by atoms with van der Waals surface area (Å²) in [7, 11) is 0. The summed E-state index contributed by atoms with van der Waals surface area (Å²) in [5.74, 6) is 3.06. The van der Waals surface area contributed by atoms with Gasteiger partial charge in [0.2, 0.25) is 0 Å². The molecule has 6 rings (SSSR count). The highest BCUT2D eigenvalue weighted by atomic mass is 16.5. The van der Waals surface area contributed by atoms with E-state index in [9.17, 15) is 0 Å². The van der Waals surface area contributed by atoms with Crippen molar-refractivity contribution in [3.63, 3.8) is 0 Å². The van der Waals surface area contributed by atoms with E-state index in [1.54, 1.807) is 12.4 Å². The molecule has 0 aromatic carbocycles. The number of hydrogen-bond acceptors (Lipinski definition) is 7. The predicted octanol–water partition coefficient (Wildman–Crippen LogP) is 2.55. The number of likely N-dealkylation sites (tertiary alicyclic amines) is 1. The molecule has 2 aromatic heterocycles. The average molecular weight is 424 g/mol. The fraction of sp³-hybridized carbons (Fsp3) is 0.739. The molecule has 2 aliphatic carbocycles. The van der Waals surface area contributed by atoms with Crippen molar-refractivity contribution >= 4 is 5.82 Å². The van der Waals surface area contributed by atoms with Gasteiger partial charge in [0.05, 0.1) is 30.2 Å². The van der Waals surface area contributed by atoms with Gasteiger partial charge in [-0.3, -0.25) is 9.88 Å². The molecule has 0 radical (unpaired) electrons. The second kappa shape index (κ2) is 8.47. The van der Waals surface area contributed by atoms with Crippen molar-refractivity contribution in [2.45, 2.75) is 57.2 Å². The van der Waals surface area contributed by atoms with Crippen LogP contribution in [0.3, 0.4) is 0 Å². The van der Waals surface area contributed by atoms with E-state index in [0.29, 0.717) is 11.8 Å². The van der Waals surface area contributed by atoms with Crippen molar-refractivity contribution < 1.29 is 4.74 Å². The van der Waals surface area contributed by atoms with Crippen LogP contribution in [0.2, 0.25) is 0 Å². The number of nitrogens with zero attached hydrogens (tertiary/aromatic N) is 7. The zero-order chi connectivity index (χ0) is 20.6. The minimum Gasteiger partial charge on any atom is -0.376 e. The normalized spacial score (nSPS) is 31.3. The molecule has 2 aliphatic heterocycles. The molecule has 2 saturated carbocycles. The highest BCUT2D eigenvalue weighted by molar-refractivity contribution is 5.37. The summed E-state index contributed by atoms with van der Waals surface area (Å²) in [4.78, 5) is 13.7. The van der Waals surface area contributed by atoms with Gasteiger partial charge in [-0.1, -0.05) is 5.21 Å². The third kappa shape index (κ3) is 4.32. The Hall–Kier alpha value is -2.06. The Morgan fingerprint density at radius 1 is 1.03 bits per heavy atom. The third-order valence-corrected chi connectivity index (χ3v) is 7.68. The van der Waals surface area contributed by atoms with Gasteiger partial charge in [0.15, 0.2) is 0 Å². The van der Waals surface area contributed by atoms with E-state index < -0.39 is 0 Å². The molecular formula is C23H33N7O. The molecule has 8 heteroatoms. The topological polar surface area (TPSA) is 72.2 Å². The molecule has 0 bridgehead atoms. The lowest BCUT2D eigenvalue weighted by molar-refractivity contribution is -0.0375. The van der Waals surface area contributed by atoms with Crippen LogP contribution in [-0.2, 0) is 11.3 Å². The van der Waals surface area contributed by atoms with Gasteiger partial charge in [-0.2, -0.15) is 0 Å². The van der Waals surface area contributed by atoms with Gasteiger partial charge in [0.25, 0.3) is 0 Å². The van der Waals surface area contributed by atoms with Gasteiger partial charge in [0.1, 0.15) is 5.82 Å². The van der Waals surface area contributed by atoms with Gasteiger partial charge in [-0.25, -0.2) is 9.67 Å². The average Bonchev–Trinajstić information content (AvgIpc) is 3.18. The van der Waals surface area contributed by atoms with Crippen LogP contribution in [0.4, 0.5) is 5.82 Å². The van der Waals surface area contributed by atoms with Crippen molar-refractivity contribution in [3.8, 4) is 0 Å². The van der Waals surface area contributed by atoms with Crippen LogP contribution in [0, 0.1) is 17.8 Å². The van der Waals surface area contributed by atoms with Crippen molar-refractivity contribution in [2.24, 2.45) is 17.8 Å². The molecule has 0 spiro atoms. The van der Waals surface area contributed by atoms with Gasteiger partial charge >= 0.3 is 0 Å². The first-order valence-corrected chi connectivity index (χ1v) is 12.1. The van der Waals surface area contributed by atoms with Gasteiger partial charge in [0, 0.05) is 38.6 Å². The summed E-state index contributed by atoms with van der Waals surface area (Å²) in [6.07, 6.45) is 15.3. The summed E-state index contributed by atoms with van der Waals surface area (Å²) in [6.45, 7) is 6.30. The molecule has 31 heavy (non-hydrogen) atoms. The Bertz CT molecular complexity index is 864. The summed E-state index contributed by atoms with van der Waals surface area (Å²) in [5, 5.41) is 9.12. The molecule has 0 amide bonds. The minimum atomic E-state index is 0.227. The Morgan fingerprint density at radius 2 is 1.87 bits per heavy atom. The van der Waals surface area contributed by atoms with Crippen molar-refractivity contribution in [3.05, 3.63) is 30.5 Å². The van der Waals surface area contributed by atoms with Crippen molar-refractivity contribution in [2.75, 3.05) is 37.7 Å². The van der Waals surface area contributed by atoms with Crippen LogP contribution in [-0.4, -0.2) is 68.8 Å². The third-order valence-electron chi connectivity index (χ3n) is 7.68. The van der Waals surface area contributed by atoms with E-state index in [4.69, 9.17) is 4.74 Å². The zero-order valence-corrected chi connectivity index (χ0v) is 18.2. The molecule has 0 N–H and O–H groups in total. The van der Waals surface area contributed by atoms with E-state index in [2.05, 4.69) is 41.0 Å². The molecule has 2 saturated heterocycles. The molecule has 4 aliphatic rings. The number of rotatable bonds is 7. The maximum atomic E-state index is 6.52. The largest absolute Gasteiger partial charge is 0.376 e. The van der Waals surface area contributed by atoms with Gasteiger partial charge in [-0.15, -0.1) is 5.10 Å². The van der Waals surface area contributed by atoms with E-state index >= 15 is 0 Å². The SMILES string of the molecule is c1cnc(N2C[C@H]3C[C@@H](n4cc(CN5CCCC5)nn4)[C@H](OCC4CC4)C[C@H]3C2)cn1. The lowest BCUT2D eigenvalue weighted by Crippen LogP contribution is -2.38. The second-order valence-electron chi connectivity index (χ2n) is 10.0. The highest BCUT2D eigenvalue weighted by Crippen LogP contribution is 2.44. The Balaban J connectivity index is 1.18. The number of ether oxygens (including phenoxy) is 1. The van der Waals surface area contributed by atoms with Crippen LogP contribution in [0.25, 0.3) is 0 Å². The molecular weight excluding hydrogens is 390 g/mol. The van der Waals surface area contributed by atoms with Crippen LogP contribution >= 0.6 is 0 Å². The maximum Gasteiger partial charge on any atom is 0.147 e. The van der Waals surface area contributed by atoms with Crippen LogP contribution in [0.15, 0.2) is 24.8 Å². The first kappa shape index (κ1) is 19.6. The van der Waals surface area contributed by atoms with Crippen LogP contribution < -0.4 is 4.90 Å². The molecule has 4 heterocycles. The zero-order valence-electron chi connectivity index (χ0n) is 18.2. The first-order chi connectivity index (χ1) is 15.3. The molecule has 4 atom stereocenters. The molecule has 8 nitrogen and oxygen atoms in total. The van der Waals surface area contributed by atoms with Crippen LogP contribution in [0.1, 0.15) is 50.3 Å². The molecule has 4 fully saturated rings. The van der Waals surface area contributed by atoms with Crippen molar-refractivity contribution in [1.82, 2.24) is 29.9 Å². The summed E-state index contributed by atoms with van der Waals surface area (Å²) in [5.41, 5.74) is 1.09. The van der Waals surface area contributed by atoms with E-state index in [1.807, 2.05) is 6.20 Å². The molecule has 166 valence electrons. The number of fused-ring (bicyclic) bond motifs is 1. The van der Waals surface area contributed by atoms with Crippen molar-refractivity contribution in [1.29, 1.82) is 0 Å². The fourth-order valence-corrected chi connectivity index (χ4v) is 5.75. The first-order valence-electron chi connectivity index (χ1n) is 12.1. The van der Waals surface area contributed by atoms with E-state index in [0.717, 1.165) is 56.5 Å². The maximum absolute atomic E-state index is 6.52. The smallest absolute Gasteiger partial charge is 0.147 e. The lowest BCUT2D eigenvalue weighted by atomic mass is 9.77. The fourth-order valence-electron chi connectivity index (χ4n) is 5.75. The second-order valence-corrected chi connectivity index (χ2v) is 10.0. The predicted molar refractivity (Wildman–Crippen MR) is 116 cm³/mol. The summed E-state index contributed by atoms with van der Waals surface area (Å²) < 4.78 is 8.65. The van der Waals surface area contributed by atoms with Gasteiger partial charge < -0.3 is 9.64 Å². The monoisotopic (exact) mass is 423 g/mol. The lowest BCUT2D eigenvalue weighted by Gasteiger charge is -2.37. The van der Waals surface area contributed by atoms with Gasteiger partial charge in [-0.05, 0) is 69.4 Å². The summed E-state index contributed by atoms with van der Waals surface area (Å²) in [6, 6.07) is 0.279. The standard InChI is InChI=1S/C23H33N7O/c1-2-8-28(7-1)14-20-15-30(27-26-20)21-9-18-12-29(23-11-24-5-6-25-23)13-19(18)10-22(21)31-16-17-3-4-17/h5-6,11,15,17-19,21-22H,1-4,7-10,12-14,16H2/t18-,19+,21-,22-/m1/s1. The number of hydrogen-bond donors (Lipinski definition) is 0.